The summed E-state index contributed by atoms with van der Waals surface area (Å²) in [5.41, 5.74) is 8.36. The second-order valence-electron chi connectivity index (χ2n) is 6.01. The summed E-state index contributed by atoms with van der Waals surface area (Å²) in [4.78, 5) is 6.52. The molecule has 1 fully saturated rings. The monoisotopic (exact) mass is 355 g/mol. The van der Waals surface area contributed by atoms with Crippen LogP contribution in [-0.2, 0) is 6.54 Å². The molecule has 3 rings (SSSR count). The molecule has 2 atom stereocenters. The molecule has 2 heterocycles. The van der Waals surface area contributed by atoms with Crippen molar-refractivity contribution in [1.82, 2.24) is 19.7 Å². The molecule has 23 heavy (non-hydrogen) atoms. The third-order valence-electron chi connectivity index (χ3n) is 4.36. The first-order chi connectivity index (χ1) is 10.6. The molecule has 0 amide bonds. The van der Waals surface area contributed by atoms with Crippen molar-refractivity contribution in [3.63, 3.8) is 0 Å². The predicted octanol–water partition coefficient (Wildman–Crippen LogP) is 3.04. The number of halogens is 2. The molecule has 7 heteroatoms. The Balaban J connectivity index is 0.00000192. The van der Waals surface area contributed by atoms with Gasteiger partial charge in [-0.2, -0.15) is 5.10 Å². The first-order valence-electron chi connectivity index (χ1n) is 7.78. The highest BCUT2D eigenvalue weighted by Gasteiger charge is 2.26. The molecule has 126 valence electrons. The average molecular weight is 356 g/mol. The van der Waals surface area contributed by atoms with E-state index in [1.807, 2.05) is 12.1 Å². The normalized spacial score (nSPS) is 20.0. The van der Waals surface area contributed by atoms with Crippen LogP contribution in [0.25, 0.3) is 5.69 Å². The van der Waals surface area contributed by atoms with Crippen LogP contribution in [0.3, 0.4) is 0 Å². The van der Waals surface area contributed by atoms with Gasteiger partial charge in [-0.15, -0.1) is 12.4 Å². The zero-order valence-corrected chi connectivity index (χ0v) is 14.8. The summed E-state index contributed by atoms with van der Waals surface area (Å²) in [6.07, 6.45) is 6.91. The van der Waals surface area contributed by atoms with E-state index >= 15 is 0 Å². The maximum absolute atomic E-state index is 6.18. The first-order valence-corrected chi connectivity index (χ1v) is 8.16. The maximum atomic E-state index is 6.18. The predicted molar refractivity (Wildman–Crippen MR) is 95.3 cm³/mol. The maximum Gasteiger partial charge on any atom is 0.138 e. The van der Waals surface area contributed by atoms with Gasteiger partial charge < -0.3 is 5.73 Å². The molecule has 0 aliphatic carbocycles. The fourth-order valence-corrected chi connectivity index (χ4v) is 3.41. The molecule has 1 aliphatic rings. The van der Waals surface area contributed by atoms with Gasteiger partial charge in [-0.05, 0) is 44.0 Å². The number of rotatable bonds is 4. The second kappa shape index (κ2) is 8.11. The average Bonchev–Trinajstić information content (AvgIpc) is 3.03. The second-order valence-corrected chi connectivity index (χ2v) is 6.44. The quantitative estimate of drug-likeness (QED) is 0.915. The van der Waals surface area contributed by atoms with Gasteiger partial charge in [0.15, 0.2) is 0 Å². The number of hydrogen-bond donors (Lipinski definition) is 1. The minimum absolute atomic E-state index is 0. The Morgan fingerprint density at radius 1 is 1.39 bits per heavy atom. The van der Waals surface area contributed by atoms with E-state index in [1.54, 1.807) is 11.0 Å². The Morgan fingerprint density at radius 2 is 2.22 bits per heavy atom. The zero-order chi connectivity index (χ0) is 15.5. The Bertz CT molecular complexity index is 615. The van der Waals surface area contributed by atoms with E-state index in [9.17, 15) is 0 Å². The van der Waals surface area contributed by atoms with E-state index in [-0.39, 0.29) is 18.4 Å². The molecule has 5 nitrogen and oxygen atoms in total. The number of aromatic nitrogens is 3. The lowest BCUT2D eigenvalue weighted by Gasteiger charge is -2.38. The summed E-state index contributed by atoms with van der Waals surface area (Å²) in [7, 11) is 0. The summed E-state index contributed by atoms with van der Waals surface area (Å²) < 4.78 is 1.77. The van der Waals surface area contributed by atoms with Crippen LogP contribution in [0, 0.1) is 0 Å². The van der Waals surface area contributed by atoms with E-state index in [0.717, 1.165) is 18.8 Å². The lowest BCUT2D eigenvalue weighted by atomic mass is 9.96. The van der Waals surface area contributed by atoms with Gasteiger partial charge in [-0.1, -0.05) is 24.1 Å². The van der Waals surface area contributed by atoms with E-state index in [4.69, 9.17) is 17.3 Å². The molecule has 0 radical (unpaired) electrons. The van der Waals surface area contributed by atoms with Gasteiger partial charge in [0, 0.05) is 23.7 Å². The molecule has 1 aliphatic heterocycles. The van der Waals surface area contributed by atoms with Crippen molar-refractivity contribution in [2.75, 3.05) is 6.54 Å². The largest absolute Gasteiger partial charge is 0.327 e. The number of nitrogens with two attached hydrogens (primary N) is 1. The van der Waals surface area contributed by atoms with E-state index in [2.05, 4.69) is 28.0 Å². The van der Waals surface area contributed by atoms with Gasteiger partial charge in [0.2, 0.25) is 0 Å². The lowest BCUT2D eigenvalue weighted by Crippen LogP contribution is -2.48. The topological polar surface area (TPSA) is 60.0 Å². The van der Waals surface area contributed by atoms with Gasteiger partial charge in [0.1, 0.15) is 12.7 Å². The smallest absolute Gasteiger partial charge is 0.138 e. The Labute approximate surface area is 148 Å². The highest BCUT2D eigenvalue weighted by Crippen LogP contribution is 2.25. The van der Waals surface area contributed by atoms with E-state index in [0.29, 0.717) is 11.1 Å². The zero-order valence-electron chi connectivity index (χ0n) is 13.2. The molecule has 1 saturated heterocycles. The van der Waals surface area contributed by atoms with Crippen molar-refractivity contribution in [3.05, 3.63) is 41.4 Å². The van der Waals surface area contributed by atoms with Crippen LogP contribution in [0.15, 0.2) is 30.9 Å². The van der Waals surface area contributed by atoms with Gasteiger partial charge in [0.25, 0.3) is 0 Å². The summed E-state index contributed by atoms with van der Waals surface area (Å²) in [6.45, 7) is 4.05. The minimum atomic E-state index is 0. The Kier molecular flexibility index (Phi) is 6.41. The van der Waals surface area contributed by atoms with Gasteiger partial charge in [0.05, 0.1) is 5.69 Å². The summed E-state index contributed by atoms with van der Waals surface area (Å²) in [6, 6.07) is 6.57. The molecule has 2 N–H and O–H groups in total. The highest BCUT2D eigenvalue weighted by molar-refractivity contribution is 6.30. The van der Waals surface area contributed by atoms with Crippen LogP contribution >= 0.6 is 24.0 Å². The van der Waals surface area contributed by atoms with Crippen molar-refractivity contribution in [2.24, 2.45) is 5.73 Å². The van der Waals surface area contributed by atoms with Crippen LogP contribution in [0.4, 0.5) is 0 Å². The number of hydrogen-bond acceptors (Lipinski definition) is 4. The van der Waals surface area contributed by atoms with Crippen LogP contribution in [-0.4, -0.2) is 38.3 Å². The molecule has 0 saturated carbocycles. The number of piperidine rings is 1. The Morgan fingerprint density at radius 3 is 2.91 bits per heavy atom. The summed E-state index contributed by atoms with van der Waals surface area (Å²) in [5.74, 6) is 0. The molecule has 2 aromatic rings. The van der Waals surface area contributed by atoms with Crippen LogP contribution in [0.1, 0.15) is 31.7 Å². The van der Waals surface area contributed by atoms with Crippen molar-refractivity contribution in [1.29, 1.82) is 0 Å². The van der Waals surface area contributed by atoms with Gasteiger partial charge in [-0.3, -0.25) is 4.90 Å². The fraction of sp³-hybridized carbons (Fsp3) is 0.500. The summed E-state index contributed by atoms with van der Waals surface area (Å²) >= 11 is 6.16. The molecule has 0 spiro atoms. The van der Waals surface area contributed by atoms with Gasteiger partial charge >= 0.3 is 0 Å². The molecule has 1 aromatic heterocycles. The molecular formula is C16H23Cl2N5. The minimum Gasteiger partial charge on any atom is -0.327 e. The van der Waals surface area contributed by atoms with Crippen molar-refractivity contribution >= 4 is 24.0 Å². The van der Waals surface area contributed by atoms with Crippen LogP contribution < -0.4 is 5.73 Å². The van der Waals surface area contributed by atoms with Crippen LogP contribution in [0.2, 0.25) is 5.02 Å². The van der Waals surface area contributed by atoms with E-state index < -0.39 is 0 Å². The van der Waals surface area contributed by atoms with Crippen molar-refractivity contribution < 1.29 is 0 Å². The lowest BCUT2D eigenvalue weighted by molar-refractivity contribution is 0.123. The SMILES string of the molecule is CC(N)C1CCCCN1Cc1ccc(Cl)cc1-n1cncn1.Cl. The molecule has 0 bridgehead atoms. The first kappa shape index (κ1) is 18.2. The number of nitrogens with zero attached hydrogens (tertiary/aromatic N) is 4. The third-order valence-corrected chi connectivity index (χ3v) is 4.59. The molecule has 2 unspecified atom stereocenters. The van der Waals surface area contributed by atoms with Crippen molar-refractivity contribution in [2.45, 2.75) is 44.8 Å². The Hall–Kier alpha value is -1.14. The van der Waals surface area contributed by atoms with E-state index in [1.165, 1.54) is 31.2 Å². The van der Waals surface area contributed by atoms with Crippen LogP contribution in [0.5, 0.6) is 0 Å². The molecular weight excluding hydrogens is 333 g/mol. The number of benzene rings is 1. The highest BCUT2D eigenvalue weighted by atomic mass is 35.5. The summed E-state index contributed by atoms with van der Waals surface area (Å²) in [5, 5.41) is 4.94. The molecule has 1 aromatic carbocycles. The van der Waals surface area contributed by atoms with Crippen molar-refractivity contribution in [3.8, 4) is 5.69 Å². The fourth-order valence-electron chi connectivity index (χ4n) is 3.24. The van der Waals surface area contributed by atoms with Gasteiger partial charge in [-0.25, -0.2) is 9.67 Å². The number of likely N-dealkylation sites (tertiary alicyclic amines) is 1. The standard InChI is InChI=1S/C16H22ClN5.ClH/c1-12(18)15-4-2-3-7-21(15)9-13-5-6-14(17)8-16(13)22-11-19-10-20-22;/h5-6,8,10-12,15H,2-4,7,9,18H2,1H3;1H. The third kappa shape index (κ3) is 4.23.